The molecule has 1 N–H and O–H groups in total. The molecule has 0 amide bonds. The van der Waals surface area contributed by atoms with Gasteiger partial charge in [0, 0.05) is 30.3 Å². The van der Waals surface area contributed by atoms with Crippen molar-refractivity contribution in [3.8, 4) is 0 Å². The number of nitrogens with one attached hydrogen (secondary N) is 1. The Morgan fingerprint density at radius 2 is 1.81 bits per heavy atom. The summed E-state index contributed by atoms with van der Waals surface area (Å²) in [7, 11) is 0. The van der Waals surface area contributed by atoms with Crippen LogP contribution in [0, 0.1) is 17.6 Å². The molecule has 2 nitrogen and oxygen atoms in total. The Balaban J connectivity index is 1.96. The maximum atomic E-state index is 13.8. The number of benzene rings is 1. The van der Waals surface area contributed by atoms with E-state index >= 15 is 0 Å². The van der Waals surface area contributed by atoms with Crippen LogP contribution < -0.4 is 5.32 Å². The van der Waals surface area contributed by atoms with E-state index < -0.39 is 11.6 Å². The largest absolute Gasteiger partial charge is 0.309 e. The fourth-order valence-corrected chi connectivity index (χ4v) is 3.12. The molecule has 1 aliphatic rings. The highest BCUT2D eigenvalue weighted by atomic mass is 19.1. The van der Waals surface area contributed by atoms with Gasteiger partial charge in [-0.15, -0.1) is 0 Å². The zero-order valence-electron chi connectivity index (χ0n) is 13.2. The number of hydrogen-bond acceptors (Lipinski definition) is 2. The molecule has 21 heavy (non-hydrogen) atoms. The van der Waals surface area contributed by atoms with Crippen LogP contribution >= 0.6 is 0 Å². The Kier molecular flexibility index (Phi) is 5.71. The van der Waals surface area contributed by atoms with Crippen molar-refractivity contribution in [1.29, 1.82) is 0 Å². The van der Waals surface area contributed by atoms with Gasteiger partial charge < -0.3 is 5.32 Å². The molecule has 0 bridgehead atoms. The first-order valence-corrected chi connectivity index (χ1v) is 7.91. The van der Waals surface area contributed by atoms with Crippen LogP contribution in [0.1, 0.15) is 45.2 Å². The Labute approximate surface area is 126 Å². The zero-order chi connectivity index (χ0) is 15.4. The highest BCUT2D eigenvalue weighted by molar-refractivity contribution is 5.21. The highest BCUT2D eigenvalue weighted by Gasteiger charge is 2.25. The second kappa shape index (κ2) is 7.32. The van der Waals surface area contributed by atoms with Gasteiger partial charge in [-0.05, 0) is 44.8 Å². The zero-order valence-corrected chi connectivity index (χ0v) is 13.2. The molecule has 4 heteroatoms. The number of likely N-dealkylation sites (tertiary alicyclic amines) is 1. The van der Waals surface area contributed by atoms with Crippen LogP contribution in [0.4, 0.5) is 8.78 Å². The lowest BCUT2D eigenvalue weighted by atomic mass is 10.0. The molecule has 1 aliphatic heterocycles. The second-order valence-electron chi connectivity index (χ2n) is 6.35. The van der Waals surface area contributed by atoms with Crippen molar-refractivity contribution in [2.24, 2.45) is 5.92 Å². The third-order valence-electron chi connectivity index (χ3n) is 4.44. The van der Waals surface area contributed by atoms with Gasteiger partial charge in [0.05, 0.1) is 0 Å². The minimum atomic E-state index is -0.527. The van der Waals surface area contributed by atoms with E-state index in [9.17, 15) is 8.78 Å². The molecule has 0 aliphatic carbocycles. The molecule has 0 aromatic heterocycles. The van der Waals surface area contributed by atoms with E-state index in [1.54, 1.807) is 0 Å². The number of halogens is 2. The molecule has 1 aromatic carbocycles. The fraction of sp³-hybridized carbons (Fsp3) is 0.647. The van der Waals surface area contributed by atoms with Gasteiger partial charge in [-0.1, -0.05) is 19.9 Å². The van der Waals surface area contributed by atoms with Gasteiger partial charge in [-0.25, -0.2) is 8.78 Å². The van der Waals surface area contributed by atoms with Crippen LogP contribution in [0.3, 0.4) is 0 Å². The molecule has 118 valence electrons. The van der Waals surface area contributed by atoms with Gasteiger partial charge in [0.15, 0.2) is 0 Å². The van der Waals surface area contributed by atoms with Crippen molar-refractivity contribution in [2.45, 2.75) is 45.7 Å². The molecule has 1 heterocycles. The number of nitrogens with zero attached hydrogens (tertiary/aromatic N) is 1. The van der Waals surface area contributed by atoms with Gasteiger partial charge in [-0.3, -0.25) is 4.90 Å². The van der Waals surface area contributed by atoms with Gasteiger partial charge in [-0.2, -0.15) is 0 Å². The number of hydrogen-bond donors (Lipinski definition) is 1. The quantitative estimate of drug-likeness (QED) is 0.860. The SMILES string of the molecule is CC(NCC(C(C)C)N1CCCC1)c1ccc(F)cc1F. The number of rotatable bonds is 6. The van der Waals surface area contributed by atoms with Crippen LogP contribution in [0.25, 0.3) is 0 Å². The van der Waals surface area contributed by atoms with Crippen LogP contribution in [0.2, 0.25) is 0 Å². The van der Waals surface area contributed by atoms with Gasteiger partial charge >= 0.3 is 0 Å². The highest BCUT2D eigenvalue weighted by Crippen LogP contribution is 2.20. The average Bonchev–Trinajstić information content (AvgIpc) is 2.92. The lowest BCUT2D eigenvalue weighted by Gasteiger charge is -2.32. The molecule has 1 aromatic rings. The summed E-state index contributed by atoms with van der Waals surface area (Å²) in [5.74, 6) is -0.446. The normalized spacial score (nSPS) is 19.1. The first kappa shape index (κ1) is 16.4. The predicted octanol–water partition coefficient (Wildman–Crippen LogP) is 3.74. The molecule has 0 saturated carbocycles. The summed E-state index contributed by atoms with van der Waals surface area (Å²) in [6, 6.07) is 4.15. The van der Waals surface area contributed by atoms with E-state index in [0.717, 1.165) is 25.7 Å². The molecule has 0 spiro atoms. The summed E-state index contributed by atoms with van der Waals surface area (Å²) in [4.78, 5) is 2.52. The Morgan fingerprint density at radius 1 is 1.14 bits per heavy atom. The standard InChI is InChI=1S/C17H26F2N2/c1-12(2)17(21-8-4-5-9-21)11-20-13(3)15-7-6-14(18)10-16(15)19/h6-7,10,12-13,17,20H,4-5,8-9,11H2,1-3H3. The maximum Gasteiger partial charge on any atom is 0.130 e. The van der Waals surface area contributed by atoms with E-state index in [1.807, 2.05) is 6.92 Å². The van der Waals surface area contributed by atoms with Gasteiger partial charge in [0.25, 0.3) is 0 Å². The Hall–Kier alpha value is -1.00. The predicted molar refractivity (Wildman–Crippen MR) is 82.2 cm³/mol. The molecule has 1 saturated heterocycles. The minimum Gasteiger partial charge on any atom is -0.309 e. The molecular formula is C17H26F2N2. The van der Waals surface area contributed by atoms with Crippen LogP contribution in [-0.4, -0.2) is 30.6 Å². The minimum absolute atomic E-state index is 0.116. The van der Waals surface area contributed by atoms with Crippen molar-refractivity contribution in [3.63, 3.8) is 0 Å². The van der Waals surface area contributed by atoms with E-state index in [1.165, 1.54) is 25.0 Å². The van der Waals surface area contributed by atoms with Crippen molar-refractivity contribution in [2.75, 3.05) is 19.6 Å². The molecule has 2 rings (SSSR count). The van der Waals surface area contributed by atoms with Gasteiger partial charge in [0.2, 0.25) is 0 Å². The first-order valence-electron chi connectivity index (χ1n) is 7.91. The van der Waals surface area contributed by atoms with Crippen molar-refractivity contribution in [1.82, 2.24) is 10.2 Å². The summed E-state index contributed by atoms with van der Waals surface area (Å²) in [6.45, 7) is 9.53. The lowest BCUT2D eigenvalue weighted by molar-refractivity contribution is 0.182. The maximum absolute atomic E-state index is 13.8. The third-order valence-corrected chi connectivity index (χ3v) is 4.44. The molecule has 2 atom stereocenters. The second-order valence-corrected chi connectivity index (χ2v) is 6.35. The monoisotopic (exact) mass is 296 g/mol. The lowest BCUT2D eigenvalue weighted by Crippen LogP contribution is -2.44. The molecule has 2 unspecified atom stereocenters. The molecule has 1 fully saturated rings. The smallest absolute Gasteiger partial charge is 0.130 e. The summed E-state index contributed by atoms with van der Waals surface area (Å²) >= 11 is 0. The summed E-state index contributed by atoms with van der Waals surface area (Å²) < 4.78 is 26.8. The van der Waals surface area contributed by atoms with Crippen LogP contribution in [0.15, 0.2) is 18.2 Å². The van der Waals surface area contributed by atoms with Gasteiger partial charge in [0.1, 0.15) is 11.6 Å². The average molecular weight is 296 g/mol. The molecular weight excluding hydrogens is 270 g/mol. The van der Waals surface area contributed by atoms with Crippen molar-refractivity contribution < 1.29 is 8.78 Å². The Bertz CT molecular complexity index is 456. The summed E-state index contributed by atoms with van der Waals surface area (Å²) in [5, 5.41) is 3.41. The van der Waals surface area contributed by atoms with E-state index in [-0.39, 0.29) is 6.04 Å². The first-order chi connectivity index (χ1) is 9.99. The van der Waals surface area contributed by atoms with E-state index in [2.05, 4.69) is 24.1 Å². The van der Waals surface area contributed by atoms with Crippen LogP contribution in [-0.2, 0) is 0 Å². The van der Waals surface area contributed by atoms with Crippen LogP contribution in [0.5, 0.6) is 0 Å². The topological polar surface area (TPSA) is 15.3 Å². The van der Waals surface area contributed by atoms with E-state index in [4.69, 9.17) is 0 Å². The van der Waals surface area contributed by atoms with Crippen molar-refractivity contribution in [3.05, 3.63) is 35.4 Å². The summed E-state index contributed by atoms with van der Waals surface area (Å²) in [6.07, 6.45) is 2.54. The summed E-state index contributed by atoms with van der Waals surface area (Å²) in [5.41, 5.74) is 0.528. The Morgan fingerprint density at radius 3 is 2.38 bits per heavy atom. The third kappa shape index (κ3) is 4.24. The molecule has 0 radical (unpaired) electrons. The van der Waals surface area contributed by atoms with Crippen molar-refractivity contribution >= 4 is 0 Å². The fourth-order valence-electron chi connectivity index (χ4n) is 3.12. The van der Waals surface area contributed by atoms with E-state index in [0.29, 0.717) is 17.5 Å².